The van der Waals surface area contributed by atoms with E-state index >= 15 is 0 Å². The second kappa shape index (κ2) is 6.70. The number of hydrogen-bond acceptors (Lipinski definition) is 4. The summed E-state index contributed by atoms with van der Waals surface area (Å²) >= 11 is 0. The number of amides is 1. The molecule has 1 amide bonds. The summed E-state index contributed by atoms with van der Waals surface area (Å²) in [5, 5.41) is 3.18. The zero-order chi connectivity index (χ0) is 17.2. The van der Waals surface area contributed by atoms with Crippen LogP contribution in [0.3, 0.4) is 0 Å². The van der Waals surface area contributed by atoms with E-state index in [0.717, 1.165) is 25.8 Å². The van der Waals surface area contributed by atoms with Gasteiger partial charge in [0.1, 0.15) is 0 Å². The van der Waals surface area contributed by atoms with Gasteiger partial charge >= 0.3 is 0 Å². The van der Waals surface area contributed by atoms with Crippen LogP contribution in [0.15, 0.2) is 47.5 Å². The first kappa shape index (κ1) is 15.9. The Morgan fingerprint density at radius 2 is 2.12 bits per heavy atom. The SMILES string of the molecule is O=C(N[C@@H]1CCCN(c2ncc[nH]c2=O)C1)[C@H]1C[C@@H]1c1ccccc1. The number of aromatic amines is 1. The first-order chi connectivity index (χ1) is 12.2. The fraction of sp³-hybridized carbons (Fsp3) is 0.421. The number of H-pyrrole nitrogens is 1. The van der Waals surface area contributed by atoms with Crippen LogP contribution in [-0.4, -0.2) is 35.0 Å². The predicted octanol–water partition coefficient (Wildman–Crippen LogP) is 1.66. The van der Waals surface area contributed by atoms with E-state index in [1.54, 1.807) is 6.20 Å². The summed E-state index contributed by atoms with van der Waals surface area (Å²) in [5.74, 6) is 1.00. The maximum Gasteiger partial charge on any atom is 0.290 e. The number of rotatable bonds is 4. The molecule has 2 aliphatic rings. The third-order valence-electron chi connectivity index (χ3n) is 5.11. The normalized spacial score (nSPS) is 25.4. The van der Waals surface area contributed by atoms with Crippen LogP contribution in [0.2, 0.25) is 0 Å². The molecule has 3 atom stereocenters. The van der Waals surface area contributed by atoms with Crippen LogP contribution in [0, 0.1) is 5.92 Å². The molecule has 0 unspecified atom stereocenters. The first-order valence-corrected chi connectivity index (χ1v) is 8.86. The molecule has 4 rings (SSSR count). The summed E-state index contributed by atoms with van der Waals surface area (Å²) in [6, 6.07) is 10.3. The van der Waals surface area contributed by atoms with Gasteiger partial charge < -0.3 is 15.2 Å². The fourth-order valence-corrected chi connectivity index (χ4v) is 3.72. The number of nitrogens with one attached hydrogen (secondary N) is 2. The van der Waals surface area contributed by atoms with Gasteiger partial charge in [-0.3, -0.25) is 9.59 Å². The van der Waals surface area contributed by atoms with Gasteiger partial charge in [0.05, 0.1) is 0 Å². The molecule has 2 fully saturated rings. The van der Waals surface area contributed by atoms with Crippen molar-refractivity contribution in [3.63, 3.8) is 0 Å². The summed E-state index contributed by atoms with van der Waals surface area (Å²) in [6.45, 7) is 1.43. The molecule has 1 saturated heterocycles. The highest BCUT2D eigenvalue weighted by molar-refractivity contribution is 5.83. The van der Waals surface area contributed by atoms with Crippen molar-refractivity contribution in [2.24, 2.45) is 5.92 Å². The van der Waals surface area contributed by atoms with Gasteiger partial charge in [0.25, 0.3) is 5.56 Å². The number of nitrogens with zero attached hydrogens (tertiary/aromatic N) is 2. The van der Waals surface area contributed by atoms with Crippen molar-refractivity contribution in [1.82, 2.24) is 15.3 Å². The number of carbonyl (C=O) groups is 1. The Hall–Kier alpha value is -2.63. The molecule has 0 radical (unpaired) electrons. The van der Waals surface area contributed by atoms with E-state index in [1.165, 1.54) is 11.8 Å². The number of carbonyl (C=O) groups excluding carboxylic acids is 1. The summed E-state index contributed by atoms with van der Waals surface area (Å²) in [7, 11) is 0. The van der Waals surface area contributed by atoms with E-state index in [9.17, 15) is 9.59 Å². The summed E-state index contributed by atoms with van der Waals surface area (Å²) in [6.07, 6.45) is 5.93. The molecule has 2 N–H and O–H groups in total. The second-order valence-corrected chi connectivity index (χ2v) is 6.90. The lowest BCUT2D eigenvalue weighted by Crippen LogP contribution is -2.49. The van der Waals surface area contributed by atoms with Crippen LogP contribution in [0.1, 0.15) is 30.7 Å². The highest BCUT2D eigenvalue weighted by Gasteiger charge is 2.44. The number of anilines is 1. The molecule has 1 saturated carbocycles. The standard InChI is InChI=1S/C19H22N4O2/c24-18(16-11-15(16)13-5-2-1-3-6-13)22-14-7-4-10-23(12-14)17-19(25)21-9-8-20-17/h1-3,5-6,8-9,14-16H,4,7,10-12H2,(H,21,25)(H,22,24)/t14-,15-,16+/m1/s1. The van der Waals surface area contributed by atoms with Gasteiger partial charge in [-0.2, -0.15) is 0 Å². The number of benzene rings is 1. The largest absolute Gasteiger partial charge is 0.351 e. The Morgan fingerprint density at radius 3 is 2.92 bits per heavy atom. The molecular formula is C19H22N4O2. The molecule has 0 spiro atoms. The maximum atomic E-state index is 12.6. The van der Waals surface area contributed by atoms with Crippen LogP contribution in [-0.2, 0) is 4.79 Å². The monoisotopic (exact) mass is 338 g/mol. The third-order valence-corrected chi connectivity index (χ3v) is 5.11. The minimum atomic E-state index is -0.180. The number of hydrogen-bond donors (Lipinski definition) is 2. The zero-order valence-corrected chi connectivity index (χ0v) is 14.0. The second-order valence-electron chi connectivity index (χ2n) is 6.90. The molecule has 6 heteroatoms. The van der Waals surface area contributed by atoms with Gasteiger partial charge in [-0.05, 0) is 30.7 Å². The average Bonchev–Trinajstić information content (AvgIpc) is 3.44. The zero-order valence-electron chi connectivity index (χ0n) is 14.0. The van der Waals surface area contributed by atoms with Crippen molar-refractivity contribution in [2.75, 3.05) is 18.0 Å². The van der Waals surface area contributed by atoms with Crippen molar-refractivity contribution in [1.29, 1.82) is 0 Å². The predicted molar refractivity (Wildman–Crippen MR) is 95.5 cm³/mol. The highest BCUT2D eigenvalue weighted by atomic mass is 16.2. The molecular weight excluding hydrogens is 316 g/mol. The molecule has 1 aromatic carbocycles. The molecule has 25 heavy (non-hydrogen) atoms. The summed E-state index contributed by atoms with van der Waals surface area (Å²) < 4.78 is 0. The van der Waals surface area contributed by atoms with Crippen LogP contribution < -0.4 is 15.8 Å². The van der Waals surface area contributed by atoms with E-state index < -0.39 is 0 Å². The Morgan fingerprint density at radius 1 is 1.28 bits per heavy atom. The molecule has 2 heterocycles. The lowest BCUT2D eigenvalue weighted by molar-refractivity contribution is -0.123. The molecule has 0 bridgehead atoms. The van der Waals surface area contributed by atoms with Crippen LogP contribution in [0.25, 0.3) is 0 Å². The molecule has 6 nitrogen and oxygen atoms in total. The van der Waals surface area contributed by atoms with E-state index in [4.69, 9.17) is 0 Å². The minimum Gasteiger partial charge on any atom is -0.351 e. The average molecular weight is 338 g/mol. The van der Waals surface area contributed by atoms with Gasteiger partial charge in [-0.1, -0.05) is 30.3 Å². The van der Waals surface area contributed by atoms with E-state index in [2.05, 4.69) is 27.4 Å². The van der Waals surface area contributed by atoms with Gasteiger partial charge in [-0.25, -0.2) is 4.98 Å². The number of aromatic nitrogens is 2. The van der Waals surface area contributed by atoms with E-state index in [1.807, 2.05) is 23.1 Å². The maximum absolute atomic E-state index is 12.6. The van der Waals surface area contributed by atoms with Crippen LogP contribution in [0.4, 0.5) is 5.82 Å². The smallest absolute Gasteiger partial charge is 0.290 e. The highest BCUT2D eigenvalue weighted by Crippen LogP contribution is 2.47. The van der Waals surface area contributed by atoms with Crippen LogP contribution >= 0.6 is 0 Å². The molecule has 1 aliphatic heterocycles. The Labute approximate surface area is 146 Å². The molecule has 1 aromatic heterocycles. The Balaban J connectivity index is 1.36. The molecule has 130 valence electrons. The summed E-state index contributed by atoms with van der Waals surface area (Å²) in [5.41, 5.74) is 1.06. The van der Waals surface area contributed by atoms with Gasteiger partial charge in [0, 0.05) is 37.4 Å². The lowest BCUT2D eigenvalue weighted by Gasteiger charge is -2.33. The van der Waals surface area contributed by atoms with E-state index in [-0.39, 0.29) is 23.4 Å². The Bertz CT molecular complexity index is 804. The van der Waals surface area contributed by atoms with Crippen molar-refractivity contribution in [2.45, 2.75) is 31.2 Å². The molecule has 2 aromatic rings. The van der Waals surface area contributed by atoms with Gasteiger partial charge in [0.15, 0.2) is 5.82 Å². The van der Waals surface area contributed by atoms with Crippen molar-refractivity contribution < 1.29 is 4.79 Å². The number of piperidine rings is 1. The van der Waals surface area contributed by atoms with Crippen molar-refractivity contribution in [3.05, 3.63) is 58.6 Å². The van der Waals surface area contributed by atoms with Crippen molar-refractivity contribution in [3.8, 4) is 0 Å². The van der Waals surface area contributed by atoms with Crippen molar-refractivity contribution >= 4 is 11.7 Å². The van der Waals surface area contributed by atoms with E-state index in [0.29, 0.717) is 18.3 Å². The first-order valence-electron chi connectivity index (χ1n) is 8.86. The fourth-order valence-electron chi connectivity index (χ4n) is 3.72. The van der Waals surface area contributed by atoms with Crippen LogP contribution in [0.5, 0.6) is 0 Å². The van der Waals surface area contributed by atoms with Gasteiger partial charge in [0.2, 0.25) is 5.91 Å². The Kier molecular flexibility index (Phi) is 4.26. The van der Waals surface area contributed by atoms with Gasteiger partial charge in [-0.15, -0.1) is 0 Å². The quantitative estimate of drug-likeness (QED) is 0.889. The minimum absolute atomic E-state index is 0.0691. The lowest BCUT2D eigenvalue weighted by atomic mass is 10.0. The molecule has 1 aliphatic carbocycles. The third kappa shape index (κ3) is 3.43. The topological polar surface area (TPSA) is 78.1 Å². The summed E-state index contributed by atoms with van der Waals surface area (Å²) in [4.78, 5) is 33.3.